The van der Waals surface area contributed by atoms with Crippen LogP contribution in [-0.2, 0) is 10.0 Å². The van der Waals surface area contributed by atoms with Crippen molar-refractivity contribution in [2.24, 2.45) is 0 Å². The fourth-order valence-corrected chi connectivity index (χ4v) is 5.84. The van der Waals surface area contributed by atoms with Gasteiger partial charge in [0.2, 0.25) is 10.0 Å². The Hall–Kier alpha value is -2.30. The molecule has 29 heavy (non-hydrogen) atoms. The lowest BCUT2D eigenvalue weighted by atomic mass is 10.1. The van der Waals surface area contributed by atoms with Crippen molar-refractivity contribution in [2.45, 2.75) is 23.8 Å². The monoisotopic (exact) mass is 440 g/mol. The number of para-hydroxylation sites is 1. The highest BCUT2D eigenvalue weighted by Gasteiger charge is 2.32. The summed E-state index contributed by atoms with van der Waals surface area (Å²) in [7, 11) is -2.25. The first-order valence-electron chi connectivity index (χ1n) is 8.94. The second-order valence-electron chi connectivity index (χ2n) is 6.59. The lowest BCUT2D eigenvalue weighted by Crippen LogP contribution is -2.41. The molecular formula is C19H18F2N2O4S2. The van der Waals surface area contributed by atoms with Crippen LogP contribution in [-0.4, -0.2) is 44.0 Å². The van der Waals surface area contributed by atoms with Crippen LogP contribution in [0, 0.1) is 11.6 Å². The number of ether oxygens (including phenoxy) is 2. The lowest BCUT2D eigenvalue weighted by Gasteiger charge is -2.31. The zero-order valence-electron chi connectivity index (χ0n) is 15.5. The highest BCUT2D eigenvalue weighted by molar-refractivity contribution is 7.89. The molecule has 0 aliphatic carbocycles. The van der Waals surface area contributed by atoms with Crippen LogP contribution in [0.3, 0.4) is 0 Å². The number of hydrogen-bond donors (Lipinski definition) is 0. The number of methoxy groups -OCH3 is 1. The molecule has 4 rings (SSSR count). The minimum atomic E-state index is -3.68. The molecule has 0 N–H and O–H groups in total. The summed E-state index contributed by atoms with van der Waals surface area (Å²) in [5.74, 6) is -1.10. The van der Waals surface area contributed by atoms with Crippen LogP contribution >= 0.6 is 11.3 Å². The van der Waals surface area contributed by atoms with Crippen LogP contribution in [0.1, 0.15) is 12.8 Å². The topological polar surface area (TPSA) is 68.7 Å². The molecular weight excluding hydrogens is 422 g/mol. The number of aromatic nitrogens is 1. The number of hydrogen-bond acceptors (Lipinski definition) is 6. The van der Waals surface area contributed by atoms with E-state index in [0.29, 0.717) is 23.3 Å². The molecule has 0 atom stereocenters. The van der Waals surface area contributed by atoms with Gasteiger partial charge in [-0.05, 0) is 31.0 Å². The standard InChI is InChI=1S/C19H18F2N2O4S2/c1-26-15-4-2-3-5-17(15)29(24,25)23-8-6-13(7-9-23)27-19-22-18-14(21)10-12(20)11-16(18)28-19/h2-5,10-11,13H,6-9H2,1H3. The molecule has 1 saturated heterocycles. The van der Waals surface area contributed by atoms with Crippen molar-refractivity contribution in [3.63, 3.8) is 0 Å². The van der Waals surface area contributed by atoms with E-state index in [4.69, 9.17) is 9.47 Å². The van der Waals surface area contributed by atoms with Gasteiger partial charge in [-0.25, -0.2) is 17.2 Å². The molecule has 1 fully saturated rings. The molecule has 2 heterocycles. The number of piperidine rings is 1. The van der Waals surface area contributed by atoms with E-state index in [-0.39, 0.29) is 34.8 Å². The minimum Gasteiger partial charge on any atom is -0.495 e. The Bertz CT molecular complexity index is 1140. The number of benzene rings is 2. The second-order valence-corrected chi connectivity index (χ2v) is 9.49. The zero-order chi connectivity index (χ0) is 20.6. The summed E-state index contributed by atoms with van der Waals surface area (Å²) < 4.78 is 65.8. The second kappa shape index (κ2) is 7.85. The summed E-state index contributed by atoms with van der Waals surface area (Å²) in [6.07, 6.45) is 0.662. The lowest BCUT2D eigenvalue weighted by molar-refractivity contribution is 0.135. The van der Waals surface area contributed by atoms with E-state index in [0.717, 1.165) is 17.4 Å². The van der Waals surface area contributed by atoms with Gasteiger partial charge in [0.25, 0.3) is 5.19 Å². The third-order valence-electron chi connectivity index (χ3n) is 4.75. The Kier molecular flexibility index (Phi) is 5.41. The molecule has 0 bridgehead atoms. The summed E-state index contributed by atoms with van der Waals surface area (Å²) >= 11 is 1.07. The number of halogens is 2. The van der Waals surface area contributed by atoms with Crippen molar-refractivity contribution < 1.29 is 26.7 Å². The normalized spacial score (nSPS) is 16.2. The first-order chi connectivity index (χ1) is 13.9. The molecule has 0 amide bonds. The van der Waals surface area contributed by atoms with Gasteiger partial charge in [-0.2, -0.15) is 9.29 Å². The Morgan fingerprint density at radius 3 is 2.62 bits per heavy atom. The quantitative estimate of drug-likeness (QED) is 0.604. The van der Waals surface area contributed by atoms with Gasteiger partial charge in [0.05, 0.1) is 11.8 Å². The highest BCUT2D eigenvalue weighted by atomic mass is 32.2. The predicted octanol–water partition coefficient (Wildman–Crippen LogP) is 3.82. The van der Waals surface area contributed by atoms with E-state index in [1.54, 1.807) is 18.2 Å². The van der Waals surface area contributed by atoms with E-state index < -0.39 is 21.7 Å². The number of fused-ring (bicyclic) bond motifs is 1. The van der Waals surface area contributed by atoms with Gasteiger partial charge in [0.1, 0.15) is 28.1 Å². The van der Waals surface area contributed by atoms with Gasteiger partial charge in [-0.15, -0.1) is 0 Å². The molecule has 0 radical (unpaired) electrons. The van der Waals surface area contributed by atoms with Crippen LogP contribution in [0.4, 0.5) is 8.78 Å². The maximum atomic E-state index is 13.8. The predicted molar refractivity (Wildman–Crippen MR) is 105 cm³/mol. The fourth-order valence-electron chi connectivity index (χ4n) is 3.29. The van der Waals surface area contributed by atoms with E-state index in [1.165, 1.54) is 23.5 Å². The molecule has 1 aromatic heterocycles. The third kappa shape index (κ3) is 3.92. The molecule has 0 unspecified atom stereocenters. The third-order valence-corrected chi connectivity index (χ3v) is 7.58. The van der Waals surface area contributed by atoms with Gasteiger partial charge in [-0.3, -0.25) is 0 Å². The summed E-state index contributed by atoms with van der Waals surface area (Å²) in [6, 6.07) is 8.49. The number of thiazole rings is 1. The van der Waals surface area contributed by atoms with E-state index in [9.17, 15) is 17.2 Å². The van der Waals surface area contributed by atoms with Crippen molar-refractivity contribution in [2.75, 3.05) is 20.2 Å². The van der Waals surface area contributed by atoms with Crippen molar-refractivity contribution in [1.82, 2.24) is 9.29 Å². The van der Waals surface area contributed by atoms with Crippen LogP contribution in [0.5, 0.6) is 10.9 Å². The van der Waals surface area contributed by atoms with Gasteiger partial charge in [-0.1, -0.05) is 23.5 Å². The first-order valence-corrected chi connectivity index (χ1v) is 11.2. The average Bonchev–Trinajstić information content (AvgIpc) is 3.11. The molecule has 3 aromatic rings. The Labute approximate surface area is 170 Å². The van der Waals surface area contributed by atoms with Crippen molar-refractivity contribution >= 4 is 31.6 Å². The highest BCUT2D eigenvalue weighted by Crippen LogP contribution is 2.33. The minimum absolute atomic E-state index is 0.0718. The van der Waals surface area contributed by atoms with E-state index in [2.05, 4.69) is 4.98 Å². The van der Waals surface area contributed by atoms with Crippen molar-refractivity contribution in [3.8, 4) is 10.9 Å². The van der Waals surface area contributed by atoms with Crippen LogP contribution in [0.15, 0.2) is 41.3 Å². The molecule has 6 nitrogen and oxygen atoms in total. The smallest absolute Gasteiger partial charge is 0.274 e. The molecule has 1 aliphatic heterocycles. The maximum Gasteiger partial charge on any atom is 0.274 e. The van der Waals surface area contributed by atoms with Gasteiger partial charge in [0.15, 0.2) is 5.82 Å². The largest absolute Gasteiger partial charge is 0.495 e. The molecule has 0 saturated carbocycles. The van der Waals surface area contributed by atoms with Gasteiger partial charge >= 0.3 is 0 Å². The summed E-state index contributed by atoms with van der Waals surface area (Å²) in [5, 5.41) is 0.246. The van der Waals surface area contributed by atoms with Crippen molar-refractivity contribution in [1.29, 1.82) is 0 Å². The SMILES string of the molecule is COc1ccccc1S(=O)(=O)N1CCC(Oc2nc3c(F)cc(F)cc3s2)CC1. The zero-order valence-corrected chi connectivity index (χ0v) is 17.1. The number of rotatable bonds is 5. The van der Waals surface area contributed by atoms with Crippen molar-refractivity contribution in [3.05, 3.63) is 48.0 Å². The molecule has 154 valence electrons. The fraction of sp³-hybridized carbons (Fsp3) is 0.316. The maximum absolute atomic E-state index is 13.8. The molecule has 2 aromatic carbocycles. The Morgan fingerprint density at radius 2 is 1.90 bits per heavy atom. The average molecular weight is 440 g/mol. The summed E-state index contributed by atoms with van der Waals surface area (Å²) in [5.41, 5.74) is 0.0718. The van der Waals surface area contributed by atoms with E-state index in [1.807, 2.05) is 0 Å². The Morgan fingerprint density at radius 1 is 1.17 bits per heavy atom. The molecule has 10 heteroatoms. The van der Waals surface area contributed by atoms with Crippen LogP contribution < -0.4 is 9.47 Å². The van der Waals surface area contributed by atoms with Gasteiger partial charge in [0, 0.05) is 19.2 Å². The number of sulfonamides is 1. The Balaban J connectivity index is 1.45. The van der Waals surface area contributed by atoms with Gasteiger partial charge < -0.3 is 9.47 Å². The summed E-state index contributed by atoms with van der Waals surface area (Å²) in [6.45, 7) is 0.553. The number of nitrogens with zero attached hydrogens (tertiary/aromatic N) is 2. The summed E-state index contributed by atoms with van der Waals surface area (Å²) in [4.78, 5) is 4.22. The molecule has 1 aliphatic rings. The first kappa shape index (κ1) is 20.0. The van der Waals surface area contributed by atoms with Crippen LogP contribution in [0.25, 0.3) is 10.2 Å². The van der Waals surface area contributed by atoms with Crippen LogP contribution in [0.2, 0.25) is 0 Å². The molecule has 0 spiro atoms. The van der Waals surface area contributed by atoms with E-state index >= 15 is 0 Å².